The number of nitrogens with zero attached hydrogens (tertiary/aromatic N) is 2. The van der Waals surface area contributed by atoms with Crippen molar-refractivity contribution in [3.63, 3.8) is 0 Å². The van der Waals surface area contributed by atoms with Gasteiger partial charge in [-0.05, 0) is 24.6 Å². The molecule has 0 saturated heterocycles. The quantitative estimate of drug-likeness (QED) is 0.540. The Morgan fingerprint density at radius 2 is 2.12 bits per heavy atom. The molecule has 0 bridgehead atoms. The number of amides is 1. The van der Waals surface area contributed by atoms with E-state index in [1.807, 2.05) is 0 Å². The van der Waals surface area contributed by atoms with Crippen LogP contribution in [0.1, 0.15) is 23.7 Å². The molecule has 0 unspecified atom stereocenters. The van der Waals surface area contributed by atoms with Gasteiger partial charge < -0.3 is 0 Å². The molecule has 2 aromatic rings. The van der Waals surface area contributed by atoms with Crippen molar-refractivity contribution in [2.75, 3.05) is 22.0 Å². The summed E-state index contributed by atoms with van der Waals surface area (Å²) in [6.07, 6.45) is 2.06. The summed E-state index contributed by atoms with van der Waals surface area (Å²) < 4.78 is 25.5. The standard InChI is InChI=1S/C13H15ClN4O3S3/c1-3-6-22-13-17-16-12(23-13)15-11(19)9-5-4-8(7-10(9)14)18-24(2,20)21/h4-5,7,18H,3,6H2,1-2H3,(H,15,16,19). The summed E-state index contributed by atoms with van der Waals surface area (Å²) in [7, 11) is -3.41. The van der Waals surface area contributed by atoms with Crippen LogP contribution >= 0.6 is 34.7 Å². The van der Waals surface area contributed by atoms with Crippen LogP contribution in [0.2, 0.25) is 5.02 Å². The molecule has 0 saturated carbocycles. The van der Waals surface area contributed by atoms with E-state index >= 15 is 0 Å². The Labute approximate surface area is 153 Å². The maximum atomic E-state index is 12.3. The molecule has 1 heterocycles. The van der Waals surface area contributed by atoms with Crippen molar-refractivity contribution in [2.24, 2.45) is 0 Å². The summed E-state index contributed by atoms with van der Waals surface area (Å²) in [6, 6.07) is 4.28. The van der Waals surface area contributed by atoms with Gasteiger partial charge in [-0.15, -0.1) is 10.2 Å². The first-order valence-electron chi connectivity index (χ1n) is 6.83. The highest BCUT2D eigenvalue weighted by molar-refractivity contribution is 8.01. The zero-order chi connectivity index (χ0) is 17.7. The van der Waals surface area contributed by atoms with E-state index in [1.54, 1.807) is 11.8 Å². The van der Waals surface area contributed by atoms with Crippen LogP contribution < -0.4 is 10.0 Å². The molecule has 24 heavy (non-hydrogen) atoms. The number of thioether (sulfide) groups is 1. The summed E-state index contributed by atoms with van der Waals surface area (Å²) in [6.45, 7) is 2.07. The lowest BCUT2D eigenvalue weighted by atomic mass is 10.2. The van der Waals surface area contributed by atoms with Crippen LogP contribution in [-0.4, -0.2) is 36.5 Å². The van der Waals surface area contributed by atoms with Gasteiger partial charge in [0, 0.05) is 11.4 Å². The lowest BCUT2D eigenvalue weighted by Crippen LogP contribution is -2.13. The van der Waals surface area contributed by atoms with E-state index in [-0.39, 0.29) is 16.3 Å². The second-order valence-electron chi connectivity index (χ2n) is 4.74. The Hall–Kier alpha value is -1.36. The number of benzene rings is 1. The highest BCUT2D eigenvalue weighted by Crippen LogP contribution is 2.27. The maximum absolute atomic E-state index is 12.3. The molecule has 2 N–H and O–H groups in total. The Bertz CT molecular complexity index is 839. The van der Waals surface area contributed by atoms with Crippen LogP contribution in [0.25, 0.3) is 0 Å². The first kappa shape index (κ1) is 19.0. The Balaban J connectivity index is 2.08. The molecule has 0 atom stereocenters. The topological polar surface area (TPSA) is 101 Å². The Morgan fingerprint density at radius 1 is 1.38 bits per heavy atom. The molecule has 1 amide bonds. The number of aromatic nitrogens is 2. The molecule has 1 aromatic heterocycles. The van der Waals surface area contributed by atoms with Crippen LogP contribution in [0.4, 0.5) is 10.8 Å². The molecule has 11 heteroatoms. The average molecular weight is 407 g/mol. The van der Waals surface area contributed by atoms with Crippen LogP contribution in [-0.2, 0) is 10.0 Å². The van der Waals surface area contributed by atoms with Gasteiger partial charge in [0.15, 0.2) is 4.34 Å². The number of sulfonamides is 1. The monoisotopic (exact) mass is 406 g/mol. The summed E-state index contributed by atoms with van der Waals surface area (Å²) in [5, 5.41) is 11.0. The van der Waals surface area contributed by atoms with Gasteiger partial charge >= 0.3 is 0 Å². The predicted octanol–water partition coefficient (Wildman–Crippen LogP) is 3.32. The van der Waals surface area contributed by atoms with Gasteiger partial charge in [0.1, 0.15) is 0 Å². The third-order valence-corrected chi connectivity index (χ3v) is 5.67. The van der Waals surface area contributed by atoms with Crippen molar-refractivity contribution < 1.29 is 13.2 Å². The number of rotatable bonds is 7. The molecule has 2 rings (SSSR count). The lowest BCUT2D eigenvalue weighted by Gasteiger charge is -2.07. The summed E-state index contributed by atoms with van der Waals surface area (Å²) >= 11 is 8.92. The maximum Gasteiger partial charge on any atom is 0.259 e. The number of carbonyl (C=O) groups is 1. The van der Waals surface area contributed by atoms with Gasteiger partial charge in [-0.25, -0.2) is 8.42 Å². The van der Waals surface area contributed by atoms with Gasteiger partial charge in [-0.1, -0.05) is 41.6 Å². The number of halogens is 1. The number of hydrogen-bond donors (Lipinski definition) is 2. The van der Waals surface area contributed by atoms with E-state index in [9.17, 15) is 13.2 Å². The molecule has 0 aliphatic carbocycles. The fourth-order valence-corrected chi connectivity index (χ4v) is 4.14. The summed E-state index contributed by atoms with van der Waals surface area (Å²) in [4.78, 5) is 12.3. The first-order chi connectivity index (χ1) is 11.3. The SMILES string of the molecule is CCCSc1nnc(NC(=O)c2ccc(NS(C)(=O)=O)cc2Cl)s1. The van der Waals surface area contributed by atoms with Crippen LogP contribution in [0.15, 0.2) is 22.5 Å². The number of anilines is 2. The van der Waals surface area contributed by atoms with Gasteiger partial charge in [-0.3, -0.25) is 14.8 Å². The molecule has 0 spiro atoms. The predicted molar refractivity (Wildman–Crippen MR) is 98.8 cm³/mol. The Kier molecular flexibility index (Phi) is 6.44. The smallest absolute Gasteiger partial charge is 0.259 e. The van der Waals surface area contributed by atoms with E-state index < -0.39 is 15.9 Å². The van der Waals surface area contributed by atoms with Gasteiger partial charge in [0.2, 0.25) is 15.2 Å². The third kappa shape index (κ3) is 5.62. The van der Waals surface area contributed by atoms with Gasteiger partial charge in [-0.2, -0.15) is 0 Å². The Morgan fingerprint density at radius 3 is 2.75 bits per heavy atom. The zero-order valence-electron chi connectivity index (χ0n) is 12.9. The molecule has 0 aliphatic heterocycles. The van der Waals surface area contributed by atoms with Gasteiger partial charge in [0.25, 0.3) is 5.91 Å². The first-order valence-corrected chi connectivity index (χ1v) is 10.9. The van der Waals surface area contributed by atoms with Crippen LogP contribution in [0.5, 0.6) is 0 Å². The third-order valence-electron chi connectivity index (χ3n) is 2.57. The zero-order valence-corrected chi connectivity index (χ0v) is 16.1. The van der Waals surface area contributed by atoms with Crippen molar-refractivity contribution in [1.82, 2.24) is 10.2 Å². The van der Waals surface area contributed by atoms with Crippen molar-refractivity contribution >= 4 is 61.4 Å². The fraction of sp³-hybridized carbons (Fsp3) is 0.308. The van der Waals surface area contributed by atoms with Gasteiger partial charge in [0.05, 0.1) is 16.8 Å². The normalized spacial score (nSPS) is 11.3. The number of hydrogen-bond acceptors (Lipinski definition) is 7. The number of nitrogens with one attached hydrogen (secondary N) is 2. The summed E-state index contributed by atoms with van der Waals surface area (Å²) in [5.74, 6) is 0.498. The molecule has 130 valence electrons. The minimum Gasteiger partial charge on any atom is -0.296 e. The minimum absolute atomic E-state index is 0.131. The molecular weight excluding hydrogens is 392 g/mol. The second kappa shape index (κ2) is 8.15. The molecule has 0 radical (unpaired) electrons. The lowest BCUT2D eigenvalue weighted by molar-refractivity contribution is 0.102. The molecular formula is C13H15ClN4O3S3. The number of carbonyl (C=O) groups excluding carboxylic acids is 1. The molecule has 1 aromatic carbocycles. The van der Waals surface area contributed by atoms with E-state index in [4.69, 9.17) is 11.6 Å². The largest absolute Gasteiger partial charge is 0.296 e. The van der Waals surface area contributed by atoms with E-state index in [1.165, 1.54) is 29.5 Å². The molecule has 0 aliphatic rings. The van der Waals surface area contributed by atoms with E-state index in [0.29, 0.717) is 5.13 Å². The van der Waals surface area contributed by atoms with Crippen molar-refractivity contribution in [3.05, 3.63) is 28.8 Å². The van der Waals surface area contributed by atoms with Crippen LogP contribution in [0.3, 0.4) is 0 Å². The fourth-order valence-electron chi connectivity index (χ4n) is 1.65. The molecule has 7 nitrogen and oxygen atoms in total. The van der Waals surface area contributed by atoms with Crippen molar-refractivity contribution in [2.45, 2.75) is 17.7 Å². The molecule has 0 fully saturated rings. The highest BCUT2D eigenvalue weighted by Gasteiger charge is 2.14. The van der Waals surface area contributed by atoms with E-state index in [0.717, 1.165) is 22.8 Å². The highest BCUT2D eigenvalue weighted by atomic mass is 35.5. The van der Waals surface area contributed by atoms with Crippen molar-refractivity contribution in [3.8, 4) is 0 Å². The second-order valence-corrected chi connectivity index (χ2v) is 9.22. The van der Waals surface area contributed by atoms with E-state index in [2.05, 4.69) is 27.2 Å². The summed E-state index contributed by atoms with van der Waals surface area (Å²) in [5.41, 5.74) is 0.502. The van der Waals surface area contributed by atoms with Crippen molar-refractivity contribution in [1.29, 1.82) is 0 Å². The van der Waals surface area contributed by atoms with Crippen LogP contribution in [0, 0.1) is 0 Å². The minimum atomic E-state index is -3.41. The average Bonchev–Trinajstić information content (AvgIpc) is 2.90.